The number of hydrogen-bond donors (Lipinski definition) is 1. The molecule has 0 unspecified atom stereocenters. The van der Waals surface area contributed by atoms with Crippen molar-refractivity contribution in [2.45, 2.75) is 25.8 Å². The van der Waals surface area contributed by atoms with Gasteiger partial charge in [-0.15, -0.1) is 10.2 Å². The standard InChI is InChI=1S/C17H17N5O3S/c1-10-19-20-17(26-10)18-14(23)9-22-12-6-3-2-5-11(12)15(24)21-8-4-7-13(21)16(22)25/h2-3,5-6,13H,4,7-9H2,1H3,(H,18,20,23)/t13-/m0/s1. The van der Waals surface area contributed by atoms with Crippen molar-refractivity contribution in [2.75, 3.05) is 23.3 Å². The zero-order chi connectivity index (χ0) is 18.3. The Morgan fingerprint density at radius 2 is 2.12 bits per heavy atom. The summed E-state index contributed by atoms with van der Waals surface area (Å²) in [4.78, 5) is 41.4. The minimum absolute atomic E-state index is 0.154. The molecule has 2 aliphatic rings. The van der Waals surface area contributed by atoms with Crippen molar-refractivity contribution in [2.24, 2.45) is 0 Å². The van der Waals surface area contributed by atoms with E-state index in [0.29, 0.717) is 29.3 Å². The Morgan fingerprint density at radius 1 is 1.31 bits per heavy atom. The summed E-state index contributed by atoms with van der Waals surface area (Å²) >= 11 is 1.26. The number of anilines is 2. The second kappa shape index (κ2) is 6.49. The van der Waals surface area contributed by atoms with E-state index in [-0.39, 0.29) is 24.3 Å². The van der Waals surface area contributed by atoms with E-state index < -0.39 is 6.04 Å². The summed E-state index contributed by atoms with van der Waals surface area (Å²) in [6, 6.07) is 6.42. The van der Waals surface area contributed by atoms with Crippen LogP contribution >= 0.6 is 11.3 Å². The first kappa shape index (κ1) is 16.6. The maximum atomic E-state index is 13.1. The van der Waals surface area contributed by atoms with Crippen LogP contribution in [0.2, 0.25) is 0 Å². The first-order chi connectivity index (χ1) is 12.5. The molecule has 1 N–H and O–H groups in total. The maximum absolute atomic E-state index is 13.1. The number of carbonyl (C=O) groups is 3. The molecule has 4 rings (SSSR count). The van der Waals surface area contributed by atoms with Crippen molar-refractivity contribution >= 4 is 39.9 Å². The van der Waals surface area contributed by atoms with Crippen LogP contribution in [0.1, 0.15) is 28.2 Å². The lowest BCUT2D eigenvalue weighted by Crippen LogP contribution is -2.47. The number of carbonyl (C=O) groups excluding carboxylic acids is 3. The highest BCUT2D eigenvalue weighted by Crippen LogP contribution is 2.32. The molecule has 0 bridgehead atoms. The molecule has 0 aliphatic carbocycles. The lowest BCUT2D eigenvalue weighted by molar-refractivity contribution is -0.124. The number of amides is 3. The Balaban J connectivity index is 1.64. The van der Waals surface area contributed by atoms with Crippen LogP contribution in [-0.4, -0.2) is 52.0 Å². The van der Waals surface area contributed by atoms with E-state index in [9.17, 15) is 14.4 Å². The SMILES string of the molecule is Cc1nnc(NC(=O)CN2C(=O)[C@@H]3CCCN3C(=O)c3ccccc32)s1. The Morgan fingerprint density at radius 3 is 2.88 bits per heavy atom. The first-order valence-corrected chi connectivity index (χ1v) is 9.17. The predicted octanol–water partition coefficient (Wildman–Crippen LogP) is 1.44. The summed E-state index contributed by atoms with van der Waals surface area (Å²) in [6.07, 6.45) is 1.40. The summed E-state index contributed by atoms with van der Waals surface area (Å²) in [7, 11) is 0. The first-order valence-electron chi connectivity index (χ1n) is 8.36. The third kappa shape index (κ3) is 2.84. The predicted molar refractivity (Wildman–Crippen MR) is 96.1 cm³/mol. The van der Waals surface area contributed by atoms with Gasteiger partial charge in [0.2, 0.25) is 16.9 Å². The molecule has 3 amide bonds. The molecular formula is C17H17N5O3S. The molecule has 1 atom stereocenters. The average Bonchev–Trinajstić information content (AvgIpc) is 3.26. The number of aromatic nitrogens is 2. The largest absolute Gasteiger partial charge is 0.327 e. The Kier molecular flexibility index (Phi) is 4.15. The van der Waals surface area contributed by atoms with Gasteiger partial charge in [0.05, 0.1) is 11.3 Å². The molecule has 1 fully saturated rings. The van der Waals surface area contributed by atoms with Crippen LogP contribution in [0.3, 0.4) is 0 Å². The third-order valence-electron chi connectivity index (χ3n) is 4.56. The molecule has 3 heterocycles. The minimum Gasteiger partial charge on any atom is -0.327 e. The normalized spacial score (nSPS) is 19.2. The summed E-state index contributed by atoms with van der Waals surface area (Å²) in [6.45, 7) is 2.18. The van der Waals surface area contributed by atoms with E-state index >= 15 is 0 Å². The highest BCUT2D eigenvalue weighted by atomic mass is 32.1. The fraction of sp³-hybridized carbons (Fsp3) is 0.353. The van der Waals surface area contributed by atoms with Gasteiger partial charge in [0.15, 0.2) is 0 Å². The van der Waals surface area contributed by atoms with Gasteiger partial charge in [0.25, 0.3) is 5.91 Å². The van der Waals surface area contributed by atoms with Gasteiger partial charge in [0.1, 0.15) is 17.6 Å². The van der Waals surface area contributed by atoms with Gasteiger partial charge in [0, 0.05) is 6.54 Å². The summed E-state index contributed by atoms with van der Waals surface area (Å²) in [5, 5.41) is 11.5. The quantitative estimate of drug-likeness (QED) is 0.881. The number of hydrogen-bond acceptors (Lipinski definition) is 6. The van der Waals surface area contributed by atoms with Crippen LogP contribution in [0.4, 0.5) is 10.8 Å². The Bertz CT molecular complexity index is 896. The molecule has 0 spiro atoms. The molecule has 134 valence electrons. The number of benzene rings is 1. The van der Waals surface area contributed by atoms with E-state index in [1.807, 2.05) is 0 Å². The lowest BCUT2D eigenvalue weighted by Gasteiger charge is -2.25. The van der Waals surface area contributed by atoms with Crippen LogP contribution in [0, 0.1) is 6.92 Å². The maximum Gasteiger partial charge on any atom is 0.256 e. The molecule has 26 heavy (non-hydrogen) atoms. The van der Waals surface area contributed by atoms with E-state index in [1.165, 1.54) is 16.2 Å². The molecule has 9 heteroatoms. The van der Waals surface area contributed by atoms with Crippen molar-refractivity contribution in [3.8, 4) is 0 Å². The van der Waals surface area contributed by atoms with Gasteiger partial charge in [-0.25, -0.2) is 0 Å². The highest BCUT2D eigenvalue weighted by Gasteiger charge is 2.42. The van der Waals surface area contributed by atoms with Gasteiger partial charge in [-0.2, -0.15) is 0 Å². The van der Waals surface area contributed by atoms with Crippen molar-refractivity contribution in [3.63, 3.8) is 0 Å². The molecule has 8 nitrogen and oxygen atoms in total. The third-order valence-corrected chi connectivity index (χ3v) is 5.32. The van der Waals surface area contributed by atoms with Crippen molar-refractivity contribution in [3.05, 3.63) is 34.8 Å². The number of para-hydroxylation sites is 1. The highest BCUT2D eigenvalue weighted by molar-refractivity contribution is 7.15. The van der Waals surface area contributed by atoms with Gasteiger partial charge in [-0.3, -0.25) is 19.7 Å². The topological polar surface area (TPSA) is 95.5 Å². The van der Waals surface area contributed by atoms with Crippen LogP contribution in [0.25, 0.3) is 0 Å². The molecule has 0 radical (unpaired) electrons. The summed E-state index contributed by atoms with van der Waals surface area (Å²) in [5.74, 6) is -0.744. The second-order valence-electron chi connectivity index (χ2n) is 6.27. The van der Waals surface area contributed by atoms with Crippen LogP contribution in [0.15, 0.2) is 24.3 Å². The average molecular weight is 371 g/mol. The number of rotatable bonds is 3. The minimum atomic E-state index is -0.508. The van der Waals surface area contributed by atoms with E-state index in [4.69, 9.17) is 0 Å². The number of aryl methyl sites for hydroxylation is 1. The number of fused-ring (bicyclic) bond motifs is 2. The molecule has 2 aliphatic heterocycles. The van der Waals surface area contributed by atoms with E-state index in [0.717, 1.165) is 11.4 Å². The van der Waals surface area contributed by atoms with Crippen molar-refractivity contribution < 1.29 is 14.4 Å². The summed E-state index contributed by atoms with van der Waals surface area (Å²) in [5.41, 5.74) is 0.922. The lowest BCUT2D eigenvalue weighted by atomic mass is 10.1. The van der Waals surface area contributed by atoms with Crippen LogP contribution < -0.4 is 10.2 Å². The van der Waals surface area contributed by atoms with Crippen molar-refractivity contribution in [1.29, 1.82) is 0 Å². The Hall–Kier alpha value is -2.81. The molecule has 1 aromatic heterocycles. The molecule has 1 aromatic carbocycles. The second-order valence-corrected chi connectivity index (χ2v) is 7.45. The van der Waals surface area contributed by atoms with Gasteiger partial charge in [-0.1, -0.05) is 23.5 Å². The van der Waals surface area contributed by atoms with E-state index in [2.05, 4.69) is 15.5 Å². The zero-order valence-electron chi connectivity index (χ0n) is 14.1. The summed E-state index contributed by atoms with van der Waals surface area (Å²) < 4.78 is 0. The fourth-order valence-electron chi connectivity index (χ4n) is 3.42. The molecule has 1 saturated heterocycles. The number of nitrogens with one attached hydrogen (secondary N) is 1. The fourth-order valence-corrected chi connectivity index (χ4v) is 4.03. The van der Waals surface area contributed by atoms with Gasteiger partial charge in [-0.05, 0) is 31.9 Å². The molecule has 0 saturated carbocycles. The van der Waals surface area contributed by atoms with Crippen LogP contribution in [-0.2, 0) is 9.59 Å². The van der Waals surface area contributed by atoms with Crippen molar-refractivity contribution in [1.82, 2.24) is 15.1 Å². The van der Waals surface area contributed by atoms with Crippen LogP contribution in [0.5, 0.6) is 0 Å². The van der Waals surface area contributed by atoms with E-state index in [1.54, 1.807) is 36.1 Å². The molecule has 2 aromatic rings. The smallest absolute Gasteiger partial charge is 0.256 e. The Labute approximate surface area is 153 Å². The van der Waals surface area contributed by atoms with Gasteiger partial charge >= 0.3 is 0 Å². The monoisotopic (exact) mass is 371 g/mol. The molecular weight excluding hydrogens is 354 g/mol. The zero-order valence-corrected chi connectivity index (χ0v) is 15.0. The van der Waals surface area contributed by atoms with Gasteiger partial charge < -0.3 is 9.80 Å². The number of nitrogens with zero attached hydrogens (tertiary/aromatic N) is 4.